The summed E-state index contributed by atoms with van der Waals surface area (Å²) in [5, 5.41) is 13.4. The van der Waals surface area contributed by atoms with E-state index < -0.39 is 17.4 Å². The van der Waals surface area contributed by atoms with Crippen LogP contribution >= 0.6 is 11.6 Å². The van der Waals surface area contributed by atoms with Gasteiger partial charge in [0.25, 0.3) is 0 Å². The van der Waals surface area contributed by atoms with Gasteiger partial charge in [-0.2, -0.15) is 0 Å². The standard InChI is InChI=1S/C18H23ClN2O3/c1-18(17(23)24)10-14(16(22)20-13-4-3-5-13)15(21(18)2)11-6-8-12(19)9-7-11/h6-9,13-15H,3-5,10H2,1-2H3,(H,20,22)(H,23,24)/t14-,15-,18-/m0/s1. The van der Waals surface area contributed by atoms with Crippen molar-refractivity contribution >= 4 is 23.5 Å². The molecule has 1 saturated heterocycles. The summed E-state index contributed by atoms with van der Waals surface area (Å²) in [6, 6.07) is 7.28. The molecule has 1 amide bonds. The lowest BCUT2D eigenvalue weighted by molar-refractivity contribution is -0.148. The fourth-order valence-electron chi connectivity index (χ4n) is 3.71. The molecule has 2 N–H and O–H groups in total. The van der Waals surface area contributed by atoms with E-state index >= 15 is 0 Å². The van der Waals surface area contributed by atoms with Gasteiger partial charge >= 0.3 is 5.97 Å². The molecule has 0 aromatic heterocycles. The highest BCUT2D eigenvalue weighted by Gasteiger charge is 2.54. The Morgan fingerprint density at radius 2 is 1.92 bits per heavy atom. The number of hydrogen-bond acceptors (Lipinski definition) is 3. The molecule has 6 heteroatoms. The fraction of sp³-hybridized carbons (Fsp3) is 0.556. The molecule has 0 spiro atoms. The van der Waals surface area contributed by atoms with Crippen LogP contribution in [0.25, 0.3) is 0 Å². The van der Waals surface area contributed by atoms with Gasteiger partial charge in [0.15, 0.2) is 0 Å². The molecule has 3 atom stereocenters. The monoisotopic (exact) mass is 350 g/mol. The van der Waals surface area contributed by atoms with Crippen LogP contribution in [0.3, 0.4) is 0 Å². The van der Waals surface area contributed by atoms with Crippen molar-refractivity contribution in [2.24, 2.45) is 5.92 Å². The van der Waals surface area contributed by atoms with Gasteiger partial charge in [-0.05, 0) is 57.4 Å². The minimum Gasteiger partial charge on any atom is -0.480 e. The average molecular weight is 351 g/mol. The number of nitrogens with zero attached hydrogens (tertiary/aromatic N) is 1. The predicted molar refractivity (Wildman–Crippen MR) is 91.9 cm³/mol. The summed E-state index contributed by atoms with van der Waals surface area (Å²) >= 11 is 5.97. The maximum atomic E-state index is 12.8. The third-order valence-corrected chi connectivity index (χ3v) is 5.91. The highest BCUT2D eigenvalue weighted by molar-refractivity contribution is 6.30. The maximum Gasteiger partial charge on any atom is 0.323 e. The van der Waals surface area contributed by atoms with Crippen molar-refractivity contribution in [2.75, 3.05) is 7.05 Å². The van der Waals surface area contributed by atoms with E-state index in [0.29, 0.717) is 11.4 Å². The zero-order chi connectivity index (χ0) is 17.5. The first kappa shape index (κ1) is 17.2. The van der Waals surface area contributed by atoms with Gasteiger partial charge in [-0.25, -0.2) is 0 Å². The number of nitrogens with one attached hydrogen (secondary N) is 1. The van der Waals surface area contributed by atoms with Crippen molar-refractivity contribution in [1.29, 1.82) is 0 Å². The first-order chi connectivity index (χ1) is 11.3. The van der Waals surface area contributed by atoms with E-state index in [0.717, 1.165) is 24.8 Å². The molecule has 5 nitrogen and oxygen atoms in total. The Morgan fingerprint density at radius 1 is 1.29 bits per heavy atom. The summed E-state index contributed by atoms with van der Waals surface area (Å²) in [5.74, 6) is -1.34. The number of aliphatic carboxylic acids is 1. The number of carboxylic acids is 1. The number of hydrogen-bond donors (Lipinski definition) is 2. The number of rotatable bonds is 4. The number of amides is 1. The third kappa shape index (κ3) is 2.91. The molecule has 1 aromatic carbocycles. The van der Waals surface area contributed by atoms with Crippen LogP contribution in [-0.2, 0) is 9.59 Å². The Bertz CT molecular complexity index is 644. The molecule has 1 aliphatic carbocycles. The number of carbonyl (C=O) groups excluding carboxylic acids is 1. The predicted octanol–water partition coefficient (Wildman–Crippen LogP) is 2.84. The molecule has 1 aliphatic heterocycles. The van der Waals surface area contributed by atoms with Gasteiger partial charge in [-0.15, -0.1) is 0 Å². The molecule has 130 valence electrons. The van der Waals surface area contributed by atoms with Crippen molar-refractivity contribution in [2.45, 2.75) is 50.2 Å². The lowest BCUT2D eigenvalue weighted by atomic mass is 9.87. The molecule has 0 bridgehead atoms. The molecular weight excluding hydrogens is 328 g/mol. The maximum absolute atomic E-state index is 12.8. The molecular formula is C18H23ClN2O3. The van der Waals surface area contributed by atoms with E-state index in [4.69, 9.17) is 11.6 Å². The summed E-state index contributed by atoms with van der Waals surface area (Å²) in [6.45, 7) is 1.69. The topological polar surface area (TPSA) is 69.6 Å². The largest absolute Gasteiger partial charge is 0.480 e. The SMILES string of the molecule is CN1[C@@H](c2ccc(Cl)cc2)[C@@H](C(=O)NC2CCC2)C[C@@]1(C)C(=O)O. The minimum absolute atomic E-state index is 0.0449. The number of halogens is 1. The normalized spacial score (nSPS) is 30.8. The van der Waals surface area contributed by atoms with E-state index in [1.807, 2.05) is 17.0 Å². The molecule has 2 fully saturated rings. The summed E-state index contributed by atoms with van der Waals surface area (Å²) in [7, 11) is 1.78. The third-order valence-electron chi connectivity index (χ3n) is 5.65. The highest BCUT2D eigenvalue weighted by Crippen LogP contribution is 2.46. The van der Waals surface area contributed by atoms with Gasteiger partial charge in [0.2, 0.25) is 5.91 Å². The Balaban J connectivity index is 1.91. The number of benzene rings is 1. The van der Waals surface area contributed by atoms with Crippen LogP contribution in [0.1, 0.15) is 44.2 Å². The zero-order valence-corrected chi connectivity index (χ0v) is 14.7. The van der Waals surface area contributed by atoms with Crippen LogP contribution in [0.5, 0.6) is 0 Å². The van der Waals surface area contributed by atoms with Gasteiger partial charge in [0, 0.05) is 17.1 Å². The molecule has 0 radical (unpaired) electrons. The van der Waals surface area contributed by atoms with Gasteiger partial charge < -0.3 is 10.4 Å². The van der Waals surface area contributed by atoms with Crippen LogP contribution in [0.4, 0.5) is 0 Å². The Hall–Kier alpha value is -1.59. The first-order valence-corrected chi connectivity index (χ1v) is 8.73. The summed E-state index contributed by atoms with van der Waals surface area (Å²) in [5.41, 5.74) is -0.146. The lowest BCUT2D eigenvalue weighted by Gasteiger charge is -2.32. The molecule has 1 heterocycles. The molecule has 0 unspecified atom stereocenters. The second-order valence-electron chi connectivity index (χ2n) is 7.13. The molecule has 1 aromatic rings. The Labute approximate surface area is 147 Å². The Kier molecular flexibility index (Phi) is 4.58. The van der Waals surface area contributed by atoms with Gasteiger partial charge in [-0.1, -0.05) is 23.7 Å². The molecule has 24 heavy (non-hydrogen) atoms. The zero-order valence-electron chi connectivity index (χ0n) is 14.0. The number of likely N-dealkylation sites (N-methyl/N-ethyl adjacent to an activating group) is 1. The van der Waals surface area contributed by atoms with Gasteiger partial charge in [0.1, 0.15) is 5.54 Å². The number of likely N-dealkylation sites (tertiary alicyclic amines) is 1. The van der Waals surface area contributed by atoms with E-state index in [1.54, 1.807) is 26.1 Å². The first-order valence-electron chi connectivity index (χ1n) is 8.35. The Morgan fingerprint density at radius 3 is 2.42 bits per heavy atom. The summed E-state index contributed by atoms with van der Waals surface area (Å²) < 4.78 is 0. The van der Waals surface area contributed by atoms with Crippen LogP contribution in [0, 0.1) is 5.92 Å². The van der Waals surface area contributed by atoms with Crippen molar-refractivity contribution in [1.82, 2.24) is 10.2 Å². The minimum atomic E-state index is -1.06. The van der Waals surface area contributed by atoms with E-state index in [1.165, 1.54) is 0 Å². The molecule has 1 saturated carbocycles. The second kappa shape index (κ2) is 6.37. The van der Waals surface area contributed by atoms with Crippen LogP contribution < -0.4 is 5.32 Å². The molecule has 2 aliphatic rings. The van der Waals surface area contributed by atoms with Crippen molar-refractivity contribution in [3.8, 4) is 0 Å². The van der Waals surface area contributed by atoms with Crippen molar-refractivity contribution in [3.63, 3.8) is 0 Å². The van der Waals surface area contributed by atoms with Crippen LogP contribution in [-0.4, -0.2) is 40.5 Å². The quantitative estimate of drug-likeness (QED) is 0.876. The smallest absolute Gasteiger partial charge is 0.323 e. The highest BCUT2D eigenvalue weighted by atomic mass is 35.5. The van der Waals surface area contributed by atoms with Gasteiger partial charge in [0.05, 0.1) is 5.92 Å². The van der Waals surface area contributed by atoms with Gasteiger partial charge in [-0.3, -0.25) is 14.5 Å². The van der Waals surface area contributed by atoms with E-state index in [2.05, 4.69) is 5.32 Å². The average Bonchev–Trinajstić information content (AvgIpc) is 2.77. The van der Waals surface area contributed by atoms with Crippen molar-refractivity contribution in [3.05, 3.63) is 34.9 Å². The lowest BCUT2D eigenvalue weighted by Crippen LogP contribution is -2.46. The second-order valence-corrected chi connectivity index (χ2v) is 7.57. The van der Waals surface area contributed by atoms with E-state index in [9.17, 15) is 14.7 Å². The van der Waals surface area contributed by atoms with Crippen LogP contribution in [0.2, 0.25) is 5.02 Å². The summed E-state index contributed by atoms with van der Waals surface area (Å²) in [6.07, 6.45) is 3.46. The van der Waals surface area contributed by atoms with E-state index in [-0.39, 0.29) is 18.0 Å². The summed E-state index contributed by atoms with van der Waals surface area (Å²) in [4.78, 5) is 26.4. The fourth-order valence-corrected chi connectivity index (χ4v) is 3.84. The molecule has 3 rings (SSSR count). The number of carbonyl (C=O) groups is 2. The number of carboxylic acid groups (broad SMARTS) is 1. The van der Waals surface area contributed by atoms with Crippen molar-refractivity contribution < 1.29 is 14.7 Å². The van der Waals surface area contributed by atoms with Crippen LogP contribution in [0.15, 0.2) is 24.3 Å².